The van der Waals surface area contributed by atoms with Crippen molar-refractivity contribution in [2.24, 2.45) is 0 Å². The minimum absolute atomic E-state index is 0.573. The van der Waals surface area contributed by atoms with E-state index in [1.807, 2.05) is 42.5 Å². The van der Waals surface area contributed by atoms with E-state index in [1.165, 1.54) is 11.1 Å². The molecule has 0 bridgehead atoms. The van der Waals surface area contributed by atoms with Crippen molar-refractivity contribution >= 4 is 38.9 Å². The Morgan fingerprint density at radius 2 is 0.768 bits per heavy atom. The first-order valence-corrected chi connectivity index (χ1v) is 18.8. The minimum atomic E-state index is 0.573. The number of hydrogen-bond acceptors (Lipinski definition) is 4. The molecule has 10 aromatic rings. The molecule has 2 aromatic heterocycles. The van der Waals surface area contributed by atoms with E-state index in [0.29, 0.717) is 17.6 Å². The van der Waals surface area contributed by atoms with Crippen LogP contribution in [0.1, 0.15) is 0 Å². The van der Waals surface area contributed by atoms with Gasteiger partial charge in [-0.2, -0.15) is 9.97 Å². The monoisotopic (exact) mass is 717 g/mol. The van der Waals surface area contributed by atoms with Crippen molar-refractivity contribution in [3.05, 3.63) is 212 Å². The smallest absolute Gasteiger partial charge is 0.238 e. The minimum Gasteiger partial charge on any atom is -0.311 e. The van der Waals surface area contributed by atoms with Gasteiger partial charge in [0.15, 0.2) is 11.6 Å². The van der Waals surface area contributed by atoms with Crippen LogP contribution in [0.25, 0.3) is 72.8 Å². The van der Waals surface area contributed by atoms with Crippen LogP contribution in [-0.2, 0) is 0 Å². The molecule has 0 spiro atoms. The predicted octanol–water partition coefficient (Wildman–Crippen LogP) is 13.1. The van der Waals surface area contributed by atoms with E-state index in [4.69, 9.17) is 15.0 Å². The maximum absolute atomic E-state index is 5.23. The van der Waals surface area contributed by atoms with Crippen LogP contribution in [0.4, 0.5) is 17.1 Å². The summed E-state index contributed by atoms with van der Waals surface area (Å²) in [6.45, 7) is 0. The standard InChI is InChI=1S/C51H35N5/c1-5-16-36(17-6-1)40-30-33-48-46(35-40)45-26-13-14-27-47(45)56(48)51-53-49(38-18-7-2-8-19-38)52-50(54-51)41-21-15-20-39(34-41)37-28-31-44(32-29-37)55(42-22-9-3-10-23-42)43-24-11-4-12-25-43/h1-35H. The van der Waals surface area contributed by atoms with Gasteiger partial charge in [-0.05, 0) is 82.9 Å². The van der Waals surface area contributed by atoms with Gasteiger partial charge in [-0.25, -0.2) is 4.98 Å². The fraction of sp³-hybridized carbons (Fsp3) is 0. The summed E-state index contributed by atoms with van der Waals surface area (Å²) in [7, 11) is 0. The topological polar surface area (TPSA) is 46.8 Å². The molecule has 0 saturated heterocycles. The van der Waals surface area contributed by atoms with Gasteiger partial charge in [0.25, 0.3) is 0 Å². The molecule has 0 amide bonds. The van der Waals surface area contributed by atoms with Crippen LogP contribution in [-0.4, -0.2) is 19.5 Å². The van der Waals surface area contributed by atoms with Crippen LogP contribution in [0.3, 0.4) is 0 Å². The Bertz CT molecular complexity index is 2900. The van der Waals surface area contributed by atoms with E-state index in [9.17, 15) is 0 Å². The van der Waals surface area contributed by atoms with Gasteiger partial charge in [-0.15, -0.1) is 0 Å². The van der Waals surface area contributed by atoms with Crippen LogP contribution in [0, 0.1) is 0 Å². The van der Waals surface area contributed by atoms with E-state index in [1.54, 1.807) is 0 Å². The van der Waals surface area contributed by atoms with Crippen molar-refractivity contribution in [1.82, 2.24) is 19.5 Å². The van der Waals surface area contributed by atoms with E-state index in [2.05, 4.69) is 179 Å². The molecule has 5 nitrogen and oxygen atoms in total. The third-order valence-corrected chi connectivity index (χ3v) is 10.2. The SMILES string of the molecule is c1ccc(-c2ccc3c(c2)c2ccccc2n3-c2nc(-c3ccccc3)nc(-c3cccc(-c4ccc(N(c5ccccc5)c5ccccc5)cc4)c3)n2)cc1. The second-order valence-corrected chi connectivity index (χ2v) is 13.7. The number of aromatic nitrogens is 4. The number of fused-ring (bicyclic) bond motifs is 3. The molecule has 0 aliphatic rings. The molecular weight excluding hydrogens is 683 g/mol. The molecule has 0 fully saturated rings. The average Bonchev–Trinajstić information content (AvgIpc) is 3.62. The molecule has 0 radical (unpaired) electrons. The largest absolute Gasteiger partial charge is 0.311 e. The first kappa shape index (κ1) is 33.0. The van der Waals surface area contributed by atoms with Gasteiger partial charge in [0.1, 0.15) is 0 Å². The third-order valence-electron chi connectivity index (χ3n) is 10.2. The van der Waals surface area contributed by atoms with Crippen molar-refractivity contribution in [3.8, 4) is 51.0 Å². The molecule has 5 heteroatoms. The van der Waals surface area contributed by atoms with Crippen molar-refractivity contribution in [3.63, 3.8) is 0 Å². The van der Waals surface area contributed by atoms with Crippen LogP contribution in [0.15, 0.2) is 212 Å². The van der Waals surface area contributed by atoms with Crippen LogP contribution in [0.5, 0.6) is 0 Å². The summed E-state index contributed by atoms with van der Waals surface area (Å²) < 4.78 is 2.17. The van der Waals surface area contributed by atoms with E-state index < -0.39 is 0 Å². The highest BCUT2D eigenvalue weighted by atomic mass is 15.2. The zero-order chi connectivity index (χ0) is 37.3. The Kier molecular flexibility index (Phi) is 8.43. The molecule has 2 heterocycles. The third kappa shape index (κ3) is 6.17. The Morgan fingerprint density at radius 1 is 0.304 bits per heavy atom. The van der Waals surface area contributed by atoms with E-state index in [-0.39, 0.29) is 0 Å². The Morgan fingerprint density at radius 3 is 1.45 bits per heavy atom. The van der Waals surface area contributed by atoms with Crippen molar-refractivity contribution < 1.29 is 0 Å². The number of rotatable bonds is 8. The summed E-state index contributed by atoms with van der Waals surface area (Å²) in [6.07, 6.45) is 0. The number of anilines is 3. The van der Waals surface area contributed by atoms with Crippen LogP contribution >= 0.6 is 0 Å². The van der Waals surface area contributed by atoms with Crippen LogP contribution < -0.4 is 4.90 Å². The number of para-hydroxylation sites is 3. The van der Waals surface area contributed by atoms with Gasteiger partial charge in [0.2, 0.25) is 5.95 Å². The molecular formula is C51H35N5. The molecule has 0 atom stereocenters. The first-order valence-electron chi connectivity index (χ1n) is 18.8. The summed E-state index contributed by atoms with van der Waals surface area (Å²) in [6, 6.07) is 73.9. The fourth-order valence-corrected chi connectivity index (χ4v) is 7.55. The van der Waals surface area contributed by atoms with Crippen molar-refractivity contribution in [1.29, 1.82) is 0 Å². The Balaban J connectivity index is 1.08. The summed E-state index contributed by atoms with van der Waals surface area (Å²) in [5.74, 6) is 1.80. The molecule has 264 valence electrons. The highest BCUT2D eigenvalue weighted by Crippen LogP contribution is 2.37. The van der Waals surface area contributed by atoms with Gasteiger partial charge in [-0.3, -0.25) is 4.57 Å². The summed E-state index contributed by atoms with van der Waals surface area (Å²) in [5.41, 5.74) is 11.7. The zero-order valence-electron chi connectivity index (χ0n) is 30.4. The normalized spacial score (nSPS) is 11.2. The second-order valence-electron chi connectivity index (χ2n) is 13.7. The lowest BCUT2D eigenvalue weighted by molar-refractivity contribution is 0.953. The molecule has 0 N–H and O–H groups in total. The molecule has 10 rings (SSSR count). The highest BCUT2D eigenvalue weighted by molar-refractivity contribution is 6.10. The highest BCUT2D eigenvalue weighted by Gasteiger charge is 2.19. The second kappa shape index (κ2) is 14.3. The van der Waals surface area contributed by atoms with Gasteiger partial charge in [0.05, 0.1) is 11.0 Å². The number of nitrogens with zero attached hydrogens (tertiary/aromatic N) is 5. The quantitative estimate of drug-likeness (QED) is 0.157. The van der Waals surface area contributed by atoms with Crippen molar-refractivity contribution in [2.75, 3.05) is 4.90 Å². The number of hydrogen-bond donors (Lipinski definition) is 0. The first-order chi connectivity index (χ1) is 27.8. The summed E-state index contributed by atoms with van der Waals surface area (Å²) >= 11 is 0. The fourth-order valence-electron chi connectivity index (χ4n) is 7.55. The molecule has 56 heavy (non-hydrogen) atoms. The Hall–Kier alpha value is -7.63. The molecule has 8 aromatic carbocycles. The van der Waals surface area contributed by atoms with Gasteiger partial charge < -0.3 is 4.90 Å². The van der Waals surface area contributed by atoms with E-state index in [0.717, 1.165) is 61.1 Å². The van der Waals surface area contributed by atoms with Gasteiger partial charge in [-0.1, -0.05) is 152 Å². The predicted molar refractivity (Wildman–Crippen MR) is 231 cm³/mol. The summed E-state index contributed by atoms with van der Waals surface area (Å²) in [4.78, 5) is 17.7. The van der Waals surface area contributed by atoms with Crippen LogP contribution in [0.2, 0.25) is 0 Å². The maximum atomic E-state index is 5.23. The van der Waals surface area contributed by atoms with E-state index >= 15 is 0 Å². The molecule has 0 unspecified atom stereocenters. The zero-order valence-corrected chi connectivity index (χ0v) is 30.4. The lowest BCUT2D eigenvalue weighted by atomic mass is 10.0. The Labute approximate surface area is 325 Å². The maximum Gasteiger partial charge on any atom is 0.238 e. The lowest BCUT2D eigenvalue weighted by Crippen LogP contribution is -2.09. The van der Waals surface area contributed by atoms with Crippen molar-refractivity contribution in [2.45, 2.75) is 0 Å². The molecule has 0 saturated carbocycles. The molecule has 0 aliphatic heterocycles. The lowest BCUT2D eigenvalue weighted by Gasteiger charge is -2.25. The average molecular weight is 718 g/mol. The van der Waals surface area contributed by atoms with Gasteiger partial charge in [0, 0.05) is 39.0 Å². The molecule has 0 aliphatic carbocycles. The van der Waals surface area contributed by atoms with Gasteiger partial charge >= 0.3 is 0 Å². The summed E-state index contributed by atoms with van der Waals surface area (Å²) in [5, 5.41) is 2.29. The number of benzene rings is 8.